The van der Waals surface area contributed by atoms with Gasteiger partial charge in [-0.2, -0.15) is 29.8 Å². The first-order valence-electron chi connectivity index (χ1n) is 41.3. The fraction of sp³-hybridized carbons (Fsp3) is 0.392. The molecule has 20 heterocycles. The SMILES string of the molecule is C=C(CCC)N1CC(C2=CB(O)Oc3cnc4[nH]ccc4c32)C1.CCCN(C)S(=O)(=O)N1CC(C2=CB(O)Oc3cnc4[nH]ccc4c32)C1.CCCNC(=O)N1CC(C2=CB(O)Oc3cnc4[nH]ccc4c32)C1.CCCNS(=O)(=O)N1CC(C2=CB(O)Oc3cnc4[nH]ccc4c32)C1.CCCS(=O)(=O)N1CC(C2=CB(O)Oc3cnc4[nH]ccc4c32)C1. The van der Waals surface area contributed by atoms with Gasteiger partial charge in [0, 0.05) is 213 Å². The molecule has 5 fully saturated rings. The molecule has 12 N–H and O–H groups in total. The number of carbonyl (C=O) groups excluding carboxylic acids is 1. The Morgan fingerprint density at radius 1 is 0.443 bits per heavy atom. The van der Waals surface area contributed by atoms with Crippen molar-refractivity contribution in [1.82, 2.24) is 86.9 Å². The minimum absolute atomic E-state index is 0.0102. The number of aromatic nitrogens is 10. The largest absolute Gasteiger partial charge is 0.552 e. The van der Waals surface area contributed by atoms with Gasteiger partial charge in [-0.15, -0.1) is 0 Å². The number of urea groups is 1. The van der Waals surface area contributed by atoms with Crippen LogP contribution in [-0.2, 0) is 30.4 Å². The highest BCUT2D eigenvalue weighted by atomic mass is 32.2. The van der Waals surface area contributed by atoms with E-state index in [4.69, 9.17) is 23.3 Å². The van der Waals surface area contributed by atoms with Crippen molar-refractivity contribution in [3.8, 4) is 28.7 Å². The molecule has 0 saturated carbocycles. The quantitative estimate of drug-likeness (QED) is 0.0343. The third-order valence-electron chi connectivity index (χ3n) is 23.3. The molecule has 0 spiro atoms. The Bertz CT molecular complexity index is 6130. The van der Waals surface area contributed by atoms with E-state index >= 15 is 0 Å². The summed E-state index contributed by atoms with van der Waals surface area (Å²) < 4.78 is 110. The number of likely N-dealkylation sites (tertiary alicyclic amines) is 2. The maximum atomic E-state index is 12.6. The van der Waals surface area contributed by atoms with E-state index in [2.05, 4.69) is 78.3 Å². The van der Waals surface area contributed by atoms with Gasteiger partial charge in [0.25, 0.3) is 20.4 Å². The lowest BCUT2D eigenvalue weighted by Gasteiger charge is -2.44. The zero-order valence-corrected chi connectivity index (χ0v) is 70.9. The molecule has 10 aromatic heterocycles. The van der Waals surface area contributed by atoms with Crippen LogP contribution in [0.3, 0.4) is 0 Å². The molecule has 0 atom stereocenters. The molecule has 122 heavy (non-hydrogen) atoms. The Hall–Kier alpha value is -10.3. The molecular formula is C79H97B5N18O17S3. The zero-order chi connectivity index (χ0) is 85.6. The number of allylic oxidation sites excluding steroid dienone is 1. The standard InChI is InChI=1S/C17H20BN3O2.C16H21BN4O4S.C16H19BN4O3.C15H19BN4O4S.C15H18BN3O4S/c1-3-4-11(2)21-9-12(10-21)14-7-18(22)23-15-8-20-17-13(16(14)15)5-6-19-17;1-3-6-20(2)26(23,24)21-9-11(10-21)13-7-17(22)25-14-8-19-16-12(15(13)14)4-5-18-16;1-2-4-19-16(22)21-8-10(9-21)12-6-17(23)24-13-7-20-15-11(14(12)13)3-5-18-15;1-2-4-19-25(22,23)20-8-10(9-20)12-6-16(21)24-13-7-18-15-11(14(12)13)3-5-17-15;1-2-5-24(21,22)19-8-10(9-19)12-6-16(20)23-13-7-18-15-11(14(12)13)3-4-17-15/h5-8,12,22H,2-4,9-10H2,1H3,(H,19,20);4-5,7-8,11,22H,3,6,9-10H2,1-2H3,(H,18,19);3,5-7,10,23H,2,4,8-9H2,1H3,(H,18,20)(H,19,22);3,5-7,10,19,21H,2,4,8-9H2,1H3,(H,17,18);3-4,6-7,10,20H,2,5,8-9H2,1H3,(H,17,18). The minimum atomic E-state index is -3.44. The Labute approximate surface area is 707 Å². The number of carbonyl (C=O) groups is 1. The Kier molecular flexibility index (Phi) is 24.8. The maximum absolute atomic E-state index is 12.6. The van der Waals surface area contributed by atoms with Gasteiger partial charge in [0.2, 0.25) is 10.0 Å². The molecule has 35 nitrogen and oxygen atoms in total. The van der Waals surface area contributed by atoms with E-state index in [0.29, 0.717) is 113 Å². The van der Waals surface area contributed by atoms with Gasteiger partial charge in [0.1, 0.15) is 57.0 Å². The van der Waals surface area contributed by atoms with E-state index in [-0.39, 0.29) is 35.5 Å². The number of amides is 2. The summed E-state index contributed by atoms with van der Waals surface area (Å²) in [6, 6.07) is 9.69. The number of H-pyrrole nitrogens is 5. The van der Waals surface area contributed by atoms with E-state index < -0.39 is 66.0 Å². The fourth-order valence-corrected chi connectivity index (χ4v) is 21.5. The van der Waals surface area contributed by atoms with Crippen molar-refractivity contribution in [3.63, 3.8) is 0 Å². The molecule has 0 aromatic carbocycles. The normalized spacial score (nSPS) is 18.2. The van der Waals surface area contributed by atoms with Crippen molar-refractivity contribution in [2.24, 2.45) is 29.6 Å². The first kappa shape index (κ1) is 85.3. The van der Waals surface area contributed by atoms with Crippen LogP contribution in [0.1, 0.15) is 101 Å². The van der Waals surface area contributed by atoms with Crippen LogP contribution in [0, 0.1) is 29.6 Å². The average molecular weight is 1720 g/mol. The molecule has 10 aliphatic rings. The molecule has 10 aromatic rings. The van der Waals surface area contributed by atoms with Crippen LogP contribution >= 0.6 is 0 Å². The zero-order valence-electron chi connectivity index (χ0n) is 68.4. The number of nitrogens with zero attached hydrogens (tertiary/aromatic N) is 11. The van der Waals surface area contributed by atoms with Gasteiger partial charge < -0.3 is 88.4 Å². The number of pyridine rings is 5. The number of rotatable bonds is 21. The molecule has 2 amide bonds. The van der Waals surface area contributed by atoms with Crippen LogP contribution in [-0.4, -0.2) is 267 Å². The summed E-state index contributed by atoms with van der Waals surface area (Å²) >= 11 is 0. The predicted molar refractivity (Wildman–Crippen MR) is 470 cm³/mol. The van der Waals surface area contributed by atoms with E-state index in [1.165, 1.54) is 22.9 Å². The van der Waals surface area contributed by atoms with Crippen LogP contribution in [0.5, 0.6) is 28.7 Å². The summed E-state index contributed by atoms with van der Waals surface area (Å²) in [6.07, 6.45) is 22.4. The van der Waals surface area contributed by atoms with Crippen molar-refractivity contribution in [1.29, 1.82) is 0 Å². The number of sulfonamides is 1. The van der Waals surface area contributed by atoms with E-state index in [9.17, 15) is 55.2 Å². The van der Waals surface area contributed by atoms with Gasteiger partial charge >= 0.3 is 41.6 Å². The second-order valence-electron chi connectivity index (χ2n) is 31.7. The number of hydrogen-bond donors (Lipinski definition) is 12. The van der Waals surface area contributed by atoms with E-state index in [1.807, 2.05) is 76.4 Å². The van der Waals surface area contributed by atoms with Crippen molar-refractivity contribution >= 4 is 155 Å². The fourth-order valence-electron chi connectivity index (χ4n) is 17.0. The molecule has 0 bridgehead atoms. The van der Waals surface area contributed by atoms with Crippen LogP contribution in [0.2, 0.25) is 0 Å². The second-order valence-corrected chi connectivity index (χ2v) is 37.6. The van der Waals surface area contributed by atoms with Crippen LogP contribution in [0.15, 0.2) is 134 Å². The maximum Gasteiger partial charge on any atom is 0.552 e. The molecule has 10 aliphatic heterocycles. The lowest BCUT2D eigenvalue weighted by molar-refractivity contribution is 0.145. The van der Waals surface area contributed by atoms with Crippen molar-refractivity contribution < 1.29 is 78.4 Å². The van der Waals surface area contributed by atoms with Gasteiger partial charge in [-0.25, -0.2) is 47.2 Å². The first-order chi connectivity index (χ1) is 58.7. The van der Waals surface area contributed by atoms with Crippen LogP contribution < -0.4 is 33.3 Å². The van der Waals surface area contributed by atoms with Gasteiger partial charge in [-0.1, -0.05) is 47.6 Å². The Morgan fingerprint density at radius 2 is 0.754 bits per heavy atom. The number of fused-ring (bicyclic) bond motifs is 15. The molecular weight excluding hydrogens is 1620 g/mol. The highest BCUT2D eigenvalue weighted by Gasteiger charge is 2.47. The Morgan fingerprint density at radius 3 is 1.07 bits per heavy atom. The molecule has 20 rings (SSSR count). The highest BCUT2D eigenvalue weighted by Crippen LogP contribution is 2.49. The third kappa shape index (κ3) is 17.1. The summed E-state index contributed by atoms with van der Waals surface area (Å²) in [5, 5.41) is 57.6. The molecule has 0 unspecified atom stereocenters. The monoisotopic (exact) mass is 1720 g/mol. The van der Waals surface area contributed by atoms with Gasteiger partial charge in [0.15, 0.2) is 0 Å². The summed E-state index contributed by atoms with van der Waals surface area (Å²) in [6.45, 7) is 21.3. The van der Waals surface area contributed by atoms with Gasteiger partial charge in [-0.3, -0.25) is 0 Å². The summed E-state index contributed by atoms with van der Waals surface area (Å²) in [7, 11) is -13.5. The van der Waals surface area contributed by atoms with E-state index in [1.54, 1.807) is 85.4 Å². The number of hydrogen-bond acceptors (Lipinski definition) is 23. The molecule has 5 saturated heterocycles. The predicted octanol–water partition coefficient (Wildman–Crippen LogP) is 6.46. The molecule has 0 aliphatic carbocycles. The molecule has 0 radical (unpaired) electrons. The topological polar surface area (TPSA) is 454 Å². The number of aromatic amines is 5. The van der Waals surface area contributed by atoms with Crippen LogP contribution in [0.25, 0.3) is 83.0 Å². The second kappa shape index (κ2) is 35.5. The van der Waals surface area contributed by atoms with Crippen molar-refractivity contribution in [2.45, 2.75) is 73.1 Å². The first-order valence-corrected chi connectivity index (χ1v) is 45.7. The Balaban J connectivity index is 0.000000113. The molecule has 638 valence electrons. The van der Waals surface area contributed by atoms with Crippen molar-refractivity contribution in [2.75, 3.05) is 97.9 Å². The number of nitrogens with one attached hydrogen (secondary N) is 7. The third-order valence-corrected chi connectivity index (χ3v) is 28.8. The van der Waals surface area contributed by atoms with E-state index in [0.717, 1.165) is 156 Å². The van der Waals surface area contributed by atoms with Crippen molar-refractivity contribution in [3.05, 3.63) is 162 Å². The summed E-state index contributed by atoms with van der Waals surface area (Å²) in [5.74, 6) is 12.2. The minimum Gasteiger partial charge on any atom is -0.531 e. The summed E-state index contributed by atoms with van der Waals surface area (Å²) in [5.41, 5.74) is 14.7. The smallest absolute Gasteiger partial charge is 0.531 e. The average Bonchev–Trinajstić information content (AvgIpc) is 1.27. The lowest BCUT2D eigenvalue weighted by atomic mass is 9.74. The van der Waals surface area contributed by atoms with Gasteiger partial charge in [-0.05, 0) is 120 Å². The van der Waals surface area contributed by atoms with Crippen LogP contribution in [0.4, 0.5) is 4.79 Å². The highest BCUT2D eigenvalue weighted by molar-refractivity contribution is 7.89. The van der Waals surface area contributed by atoms with Gasteiger partial charge in [0.05, 0.1) is 36.7 Å². The summed E-state index contributed by atoms with van der Waals surface area (Å²) in [4.78, 5) is 53.1. The lowest BCUT2D eigenvalue weighted by Crippen LogP contribution is -2.55. The molecule has 43 heteroatoms.